The van der Waals surface area contributed by atoms with Crippen LogP contribution in [0.5, 0.6) is 0 Å². The summed E-state index contributed by atoms with van der Waals surface area (Å²) in [5, 5.41) is 8.22. The van der Waals surface area contributed by atoms with Crippen LogP contribution in [0.2, 0.25) is 0 Å². The molecule has 0 saturated carbocycles. The van der Waals surface area contributed by atoms with Gasteiger partial charge in [-0.3, -0.25) is 4.98 Å². The van der Waals surface area contributed by atoms with E-state index in [1.807, 2.05) is 18.5 Å². The first-order valence-corrected chi connectivity index (χ1v) is 11.1. The van der Waals surface area contributed by atoms with Crippen LogP contribution in [-0.4, -0.2) is 28.4 Å². The van der Waals surface area contributed by atoms with Gasteiger partial charge in [0.1, 0.15) is 0 Å². The fourth-order valence-corrected chi connectivity index (χ4v) is 3.89. The monoisotopic (exact) mass is 422 g/mol. The summed E-state index contributed by atoms with van der Waals surface area (Å²) in [5.41, 5.74) is 6.61. The number of pyridine rings is 1. The molecule has 30 heavy (non-hydrogen) atoms. The molecule has 4 rings (SSSR count). The molecule has 8 nitrogen and oxygen atoms in total. The molecule has 0 aliphatic carbocycles. The number of hydrogen-bond acceptors (Lipinski definition) is 6. The number of hydrogen-bond donors (Lipinski definition) is 3. The van der Waals surface area contributed by atoms with Crippen molar-refractivity contribution in [2.24, 2.45) is 5.14 Å². The Bertz CT molecular complexity index is 1310. The Hall–Kier alpha value is -3.30. The fourth-order valence-electron chi connectivity index (χ4n) is 3.38. The van der Waals surface area contributed by atoms with Crippen LogP contribution < -0.4 is 10.5 Å². The highest BCUT2D eigenvalue weighted by molar-refractivity contribution is 7.89. The predicted octanol–water partition coefficient (Wildman–Crippen LogP) is 3.67. The lowest BCUT2D eigenvalue weighted by Crippen LogP contribution is -2.11. The Labute approximate surface area is 174 Å². The normalized spacial score (nSPS) is 11.7. The SMILES string of the molecule is CCCc1cnc2c(-c3ccnc(Nc4ccc(S(N)(=O)=O)cc4)n3)c[nH]c2c1C. The van der Waals surface area contributed by atoms with Crippen LogP contribution in [0, 0.1) is 6.92 Å². The molecule has 0 bridgehead atoms. The van der Waals surface area contributed by atoms with E-state index in [4.69, 9.17) is 5.14 Å². The topological polar surface area (TPSA) is 127 Å². The summed E-state index contributed by atoms with van der Waals surface area (Å²) in [4.78, 5) is 16.9. The van der Waals surface area contributed by atoms with Gasteiger partial charge in [0.2, 0.25) is 16.0 Å². The van der Waals surface area contributed by atoms with E-state index in [0.29, 0.717) is 11.6 Å². The van der Waals surface area contributed by atoms with Crippen molar-refractivity contribution in [2.75, 3.05) is 5.32 Å². The molecule has 0 fully saturated rings. The molecule has 4 N–H and O–H groups in total. The van der Waals surface area contributed by atoms with E-state index in [2.05, 4.69) is 39.1 Å². The van der Waals surface area contributed by atoms with E-state index in [9.17, 15) is 8.42 Å². The van der Waals surface area contributed by atoms with Gasteiger partial charge in [0, 0.05) is 29.8 Å². The third-order valence-corrected chi connectivity index (χ3v) is 5.88. The molecule has 9 heteroatoms. The zero-order valence-corrected chi connectivity index (χ0v) is 17.5. The highest BCUT2D eigenvalue weighted by atomic mass is 32.2. The number of nitrogens with zero attached hydrogens (tertiary/aromatic N) is 3. The Balaban J connectivity index is 1.65. The first-order valence-electron chi connectivity index (χ1n) is 9.55. The Morgan fingerprint density at radius 3 is 2.60 bits per heavy atom. The second kappa shape index (κ2) is 7.85. The summed E-state index contributed by atoms with van der Waals surface area (Å²) in [5.74, 6) is 0.393. The van der Waals surface area contributed by atoms with Gasteiger partial charge in [0.15, 0.2) is 0 Å². The third kappa shape index (κ3) is 3.89. The molecular formula is C21H22N6O2S. The maximum absolute atomic E-state index is 11.4. The Kier molecular flexibility index (Phi) is 5.23. The second-order valence-corrected chi connectivity index (χ2v) is 8.61. The van der Waals surface area contributed by atoms with Crippen molar-refractivity contribution in [3.05, 3.63) is 60.0 Å². The predicted molar refractivity (Wildman–Crippen MR) is 117 cm³/mol. The van der Waals surface area contributed by atoms with Crippen LogP contribution in [-0.2, 0) is 16.4 Å². The molecule has 0 spiro atoms. The van der Waals surface area contributed by atoms with Crippen LogP contribution in [0.3, 0.4) is 0 Å². The third-order valence-electron chi connectivity index (χ3n) is 4.95. The van der Waals surface area contributed by atoms with E-state index in [1.54, 1.807) is 18.3 Å². The molecule has 0 unspecified atom stereocenters. The van der Waals surface area contributed by atoms with Gasteiger partial charge >= 0.3 is 0 Å². The number of H-pyrrole nitrogens is 1. The van der Waals surface area contributed by atoms with Crippen molar-refractivity contribution in [1.82, 2.24) is 19.9 Å². The molecule has 3 heterocycles. The minimum Gasteiger partial charge on any atom is -0.359 e. The molecule has 3 aromatic heterocycles. The van der Waals surface area contributed by atoms with Crippen molar-refractivity contribution < 1.29 is 8.42 Å². The average Bonchev–Trinajstić information content (AvgIpc) is 3.15. The highest BCUT2D eigenvalue weighted by Gasteiger charge is 2.14. The molecule has 0 amide bonds. The quantitative estimate of drug-likeness (QED) is 0.435. The molecule has 0 aliphatic rings. The van der Waals surface area contributed by atoms with Gasteiger partial charge < -0.3 is 10.3 Å². The largest absolute Gasteiger partial charge is 0.359 e. The van der Waals surface area contributed by atoms with Crippen molar-refractivity contribution in [3.63, 3.8) is 0 Å². The van der Waals surface area contributed by atoms with Gasteiger partial charge in [-0.1, -0.05) is 13.3 Å². The van der Waals surface area contributed by atoms with E-state index in [0.717, 1.165) is 35.1 Å². The number of nitrogens with one attached hydrogen (secondary N) is 2. The van der Waals surface area contributed by atoms with Gasteiger partial charge in [-0.05, 0) is 54.8 Å². The minimum atomic E-state index is -3.73. The smallest absolute Gasteiger partial charge is 0.238 e. The molecular weight excluding hydrogens is 400 g/mol. The first kappa shape index (κ1) is 20.0. The molecule has 4 aromatic rings. The molecule has 0 radical (unpaired) electrons. The number of anilines is 2. The zero-order valence-electron chi connectivity index (χ0n) is 16.7. The molecule has 1 aromatic carbocycles. The highest BCUT2D eigenvalue weighted by Crippen LogP contribution is 2.29. The number of benzene rings is 1. The number of nitrogens with two attached hydrogens (primary N) is 1. The zero-order chi connectivity index (χ0) is 21.3. The van der Waals surface area contributed by atoms with Gasteiger partial charge in [0.05, 0.1) is 21.6 Å². The van der Waals surface area contributed by atoms with Crippen molar-refractivity contribution >= 4 is 32.7 Å². The molecule has 154 valence electrons. The lowest BCUT2D eigenvalue weighted by atomic mass is 10.0. The molecule has 0 atom stereocenters. The maximum atomic E-state index is 11.4. The maximum Gasteiger partial charge on any atom is 0.238 e. The fraction of sp³-hybridized carbons (Fsp3) is 0.190. The van der Waals surface area contributed by atoms with E-state index in [1.165, 1.54) is 23.3 Å². The number of fused-ring (bicyclic) bond motifs is 1. The first-order chi connectivity index (χ1) is 14.4. The summed E-state index contributed by atoms with van der Waals surface area (Å²) >= 11 is 0. The van der Waals surface area contributed by atoms with Crippen LogP contribution >= 0.6 is 0 Å². The number of aromatic nitrogens is 4. The Morgan fingerprint density at radius 2 is 1.90 bits per heavy atom. The average molecular weight is 423 g/mol. The number of aryl methyl sites for hydroxylation is 2. The Morgan fingerprint density at radius 1 is 1.13 bits per heavy atom. The number of rotatable bonds is 6. The molecule has 0 saturated heterocycles. The van der Waals surface area contributed by atoms with E-state index in [-0.39, 0.29) is 4.90 Å². The standard InChI is InChI=1S/C21H22N6O2S/c1-3-4-14-11-24-20-17(12-25-19(20)13(14)2)18-9-10-23-21(27-18)26-15-5-7-16(8-6-15)30(22,28)29/h5-12,25H,3-4H2,1-2H3,(H2,22,28,29)(H,23,26,27). The summed E-state index contributed by atoms with van der Waals surface area (Å²) in [7, 11) is -3.73. The lowest BCUT2D eigenvalue weighted by Gasteiger charge is -2.08. The second-order valence-electron chi connectivity index (χ2n) is 7.04. The lowest BCUT2D eigenvalue weighted by molar-refractivity contribution is 0.598. The number of sulfonamides is 1. The van der Waals surface area contributed by atoms with Crippen LogP contribution in [0.25, 0.3) is 22.3 Å². The summed E-state index contributed by atoms with van der Waals surface area (Å²) in [6, 6.07) is 7.92. The van der Waals surface area contributed by atoms with Crippen LogP contribution in [0.15, 0.2) is 53.8 Å². The van der Waals surface area contributed by atoms with Crippen molar-refractivity contribution in [1.29, 1.82) is 0 Å². The summed E-state index contributed by atoms with van der Waals surface area (Å²) < 4.78 is 22.8. The van der Waals surface area contributed by atoms with Crippen molar-refractivity contribution in [3.8, 4) is 11.3 Å². The van der Waals surface area contributed by atoms with E-state index < -0.39 is 10.0 Å². The van der Waals surface area contributed by atoms with E-state index >= 15 is 0 Å². The van der Waals surface area contributed by atoms with Crippen molar-refractivity contribution in [2.45, 2.75) is 31.6 Å². The minimum absolute atomic E-state index is 0.0467. The van der Waals surface area contributed by atoms with Crippen LogP contribution in [0.4, 0.5) is 11.6 Å². The van der Waals surface area contributed by atoms with Gasteiger partial charge in [-0.2, -0.15) is 0 Å². The summed E-state index contributed by atoms with van der Waals surface area (Å²) in [6.07, 6.45) is 7.58. The van der Waals surface area contributed by atoms with Gasteiger partial charge in [-0.25, -0.2) is 23.5 Å². The number of aromatic amines is 1. The van der Waals surface area contributed by atoms with Crippen LogP contribution in [0.1, 0.15) is 24.5 Å². The van der Waals surface area contributed by atoms with Gasteiger partial charge in [0.25, 0.3) is 0 Å². The van der Waals surface area contributed by atoms with Gasteiger partial charge in [-0.15, -0.1) is 0 Å². The summed E-state index contributed by atoms with van der Waals surface area (Å²) in [6.45, 7) is 4.26. The molecule has 0 aliphatic heterocycles. The number of primary sulfonamides is 1.